The van der Waals surface area contributed by atoms with E-state index in [1.54, 1.807) is 0 Å². The van der Waals surface area contributed by atoms with Crippen molar-refractivity contribution in [3.8, 4) is 0 Å². The fraction of sp³-hybridized carbons (Fsp3) is 0.529. The minimum absolute atomic E-state index is 0.719. The molecule has 4 rings (SSSR count). The van der Waals surface area contributed by atoms with E-state index in [-0.39, 0.29) is 0 Å². The lowest BCUT2D eigenvalue weighted by atomic mass is 9.91. The Bertz CT molecular complexity index is 618. The van der Waals surface area contributed by atoms with Gasteiger partial charge >= 0.3 is 0 Å². The van der Waals surface area contributed by atoms with Crippen LogP contribution in [-0.2, 0) is 6.54 Å². The van der Waals surface area contributed by atoms with Gasteiger partial charge in [-0.2, -0.15) is 0 Å². The van der Waals surface area contributed by atoms with Crippen molar-refractivity contribution in [1.29, 1.82) is 0 Å². The van der Waals surface area contributed by atoms with Gasteiger partial charge in [0, 0.05) is 30.1 Å². The van der Waals surface area contributed by atoms with E-state index in [0.29, 0.717) is 0 Å². The summed E-state index contributed by atoms with van der Waals surface area (Å²) in [6.45, 7) is 6.71. The van der Waals surface area contributed by atoms with Gasteiger partial charge in [0.1, 0.15) is 11.3 Å². The van der Waals surface area contributed by atoms with Crippen LogP contribution < -0.4 is 5.32 Å². The minimum atomic E-state index is 0.719. The SMILES string of the molecule is Cc1oc2ccccc2c1CN1CCCC2CNCC21. The molecule has 1 aromatic heterocycles. The monoisotopic (exact) mass is 270 g/mol. The Hall–Kier alpha value is -1.32. The minimum Gasteiger partial charge on any atom is -0.461 e. The summed E-state index contributed by atoms with van der Waals surface area (Å²) in [5.74, 6) is 1.93. The third-order valence-corrected chi connectivity index (χ3v) is 5.05. The number of likely N-dealkylation sites (tertiary alicyclic amines) is 1. The predicted octanol–water partition coefficient (Wildman–Crippen LogP) is 2.93. The number of rotatable bonds is 2. The predicted molar refractivity (Wildman–Crippen MR) is 80.7 cm³/mol. The van der Waals surface area contributed by atoms with Gasteiger partial charge in [-0.15, -0.1) is 0 Å². The smallest absolute Gasteiger partial charge is 0.134 e. The van der Waals surface area contributed by atoms with Crippen LogP contribution in [0.3, 0.4) is 0 Å². The molecule has 2 aliphatic rings. The van der Waals surface area contributed by atoms with Gasteiger partial charge in [-0.1, -0.05) is 18.2 Å². The summed E-state index contributed by atoms with van der Waals surface area (Å²) >= 11 is 0. The summed E-state index contributed by atoms with van der Waals surface area (Å²) in [4.78, 5) is 2.67. The normalized spacial score (nSPS) is 27.1. The second-order valence-electron chi connectivity index (χ2n) is 6.23. The second-order valence-corrected chi connectivity index (χ2v) is 6.23. The summed E-state index contributed by atoms with van der Waals surface area (Å²) < 4.78 is 5.91. The number of nitrogens with one attached hydrogen (secondary N) is 1. The Morgan fingerprint density at radius 1 is 1.30 bits per heavy atom. The number of hydrogen-bond acceptors (Lipinski definition) is 3. The van der Waals surface area contributed by atoms with Gasteiger partial charge in [0.15, 0.2) is 0 Å². The van der Waals surface area contributed by atoms with Crippen LogP contribution in [0.5, 0.6) is 0 Å². The molecule has 0 amide bonds. The molecule has 2 saturated heterocycles. The summed E-state index contributed by atoms with van der Waals surface area (Å²) in [7, 11) is 0. The van der Waals surface area contributed by atoms with Crippen molar-refractivity contribution in [2.24, 2.45) is 5.92 Å². The van der Waals surface area contributed by atoms with Gasteiger partial charge in [-0.3, -0.25) is 4.90 Å². The third-order valence-electron chi connectivity index (χ3n) is 5.05. The van der Waals surface area contributed by atoms with Crippen molar-refractivity contribution in [2.75, 3.05) is 19.6 Å². The van der Waals surface area contributed by atoms with E-state index in [0.717, 1.165) is 36.4 Å². The maximum absolute atomic E-state index is 5.91. The molecule has 3 heterocycles. The molecule has 1 N–H and O–H groups in total. The highest BCUT2D eigenvalue weighted by molar-refractivity contribution is 5.82. The Morgan fingerprint density at radius 3 is 3.15 bits per heavy atom. The highest BCUT2D eigenvalue weighted by Crippen LogP contribution is 2.31. The zero-order valence-corrected chi connectivity index (χ0v) is 12.1. The summed E-state index contributed by atoms with van der Waals surface area (Å²) in [5, 5.41) is 4.85. The van der Waals surface area contributed by atoms with E-state index in [1.807, 2.05) is 6.07 Å². The zero-order valence-electron chi connectivity index (χ0n) is 12.1. The maximum Gasteiger partial charge on any atom is 0.134 e. The standard InChI is InChI=1S/C17H22N2O/c1-12-15(14-6-2-3-7-17(14)20-12)11-19-8-4-5-13-9-18-10-16(13)19/h2-3,6-7,13,16,18H,4-5,8-11H2,1H3. The average Bonchev–Trinajstić information content (AvgIpc) is 3.05. The molecule has 3 heteroatoms. The molecular formula is C17H22N2O. The van der Waals surface area contributed by atoms with Gasteiger partial charge < -0.3 is 9.73 Å². The molecule has 106 valence electrons. The Kier molecular flexibility index (Phi) is 3.04. The molecular weight excluding hydrogens is 248 g/mol. The van der Waals surface area contributed by atoms with E-state index in [2.05, 4.69) is 35.3 Å². The van der Waals surface area contributed by atoms with Crippen LogP contribution in [-0.4, -0.2) is 30.6 Å². The first-order chi connectivity index (χ1) is 9.83. The number of piperidine rings is 1. The summed E-state index contributed by atoms with van der Waals surface area (Å²) in [6, 6.07) is 9.14. The first-order valence-corrected chi connectivity index (χ1v) is 7.74. The molecule has 0 spiro atoms. The first kappa shape index (κ1) is 12.4. The molecule has 2 aromatic rings. The third kappa shape index (κ3) is 1.97. The highest BCUT2D eigenvalue weighted by Gasteiger charge is 2.35. The molecule has 2 atom stereocenters. The Balaban J connectivity index is 1.65. The number of benzene rings is 1. The van der Waals surface area contributed by atoms with E-state index in [9.17, 15) is 0 Å². The number of fused-ring (bicyclic) bond motifs is 2. The van der Waals surface area contributed by atoms with Gasteiger partial charge in [-0.25, -0.2) is 0 Å². The fourth-order valence-electron chi connectivity index (χ4n) is 3.98. The van der Waals surface area contributed by atoms with Crippen LogP contribution >= 0.6 is 0 Å². The molecule has 2 fully saturated rings. The van der Waals surface area contributed by atoms with Crippen molar-refractivity contribution in [2.45, 2.75) is 32.4 Å². The molecule has 2 unspecified atom stereocenters. The maximum atomic E-state index is 5.91. The van der Waals surface area contributed by atoms with E-state index in [4.69, 9.17) is 4.42 Å². The van der Waals surface area contributed by atoms with Crippen molar-refractivity contribution in [3.05, 3.63) is 35.6 Å². The van der Waals surface area contributed by atoms with Crippen molar-refractivity contribution in [1.82, 2.24) is 10.2 Å². The van der Waals surface area contributed by atoms with E-state index in [1.165, 1.54) is 36.9 Å². The fourth-order valence-corrected chi connectivity index (χ4v) is 3.98. The number of nitrogens with zero attached hydrogens (tertiary/aromatic N) is 1. The molecule has 0 aliphatic carbocycles. The van der Waals surface area contributed by atoms with Gasteiger partial charge in [0.05, 0.1) is 0 Å². The molecule has 0 radical (unpaired) electrons. The van der Waals surface area contributed by atoms with Gasteiger partial charge in [0.2, 0.25) is 0 Å². The average molecular weight is 270 g/mol. The van der Waals surface area contributed by atoms with E-state index < -0.39 is 0 Å². The second kappa shape index (κ2) is 4.90. The highest BCUT2D eigenvalue weighted by atomic mass is 16.3. The van der Waals surface area contributed by atoms with Crippen molar-refractivity contribution in [3.63, 3.8) is 0 Å². The zero-order chi connectivity index (χ0) is 13.5. The number of furan rings is 1. The van der Waals surface area contributed by atoms with Crippen LogP contribution in [0.15, 0.2) is 28.7 Å². The largest absolute Gasteiger partial charge is 0.461 e. The van der Waals surface area contributed by atoms with Crippen molar-refractivity contribution >= 4 is 11.0 Å². The van der Waals surface area contributed by atoms with Crippen LogP contribution in [0, 0.1) is 12.8 Å². The summed E-state index contributed by atoms with van der Waals surface area (Å²) in [6.07, 6.45) is 2.72. The van der Waals surface area contributed by atoms with Gasteiger partial charge in [-0.05, 0) is 44.8 Å². The number of aryl methyl sites for hydroxylation is 1. The Morgan fingerprint density at radius 2 is 2.20 bits per heavy atom. The van der Waals surface area contributed by atoms with Crippen LogP contribution in [0.25, 0.3) is 11.0 Å². The van der Waals surface area contributed by atoms with Crippen molar-refractivity contribution < 1.29 is 4.42 Å². The van der Waals surface area contributed by atoms with Crippen LogP contribution in [0.2, 0.25) is 0 Å². The van der Waals surface area contributed by atoms with Crippen LogP contribution in [0.4, 0.5) is 0 Å². The lowest BCUT2D eigenvalue weighted by molar-refractivity contribution is 0.117. The number of hydrogen-bond donors (Lipinski definition) is 1. The molecule has 1 aromatic carbocycles. The lowest BCUT2D eigenvalue weighted by Gasteiger charge is -2.37. The topological polar surface area (TPSA) is 28.4 Å². The molecule has 2 aliphatic heterocycles. The Labute approximate surface area is 119 Å². The van der Waals surface area contributed by atoms with Gasteiger partial charge in [0.25, 0.3) is 0 Å². The molecule has 20 heavy (non-hydrogen) atoms. The molecule has 0 saturated carbocycles. The van der Waals surface area contributed by atoms with E-state index >= 15 is 0 Å². The summed E-state index contributed by atoms with van der Waals surface area (Å²) in [5.41, 5.74) is 2.41. The quantitative estimate of drug-likeness (QED) is 0.909. The van der Waals surface area contributed by atoms with Crippen LogP contribution in [0.1, 0.15) is 24.2 Å². The first-order valence-electron chi connectivity index (χ1n) is 7.74. The molecule has 3 nitrogen and oxygen atoms in total. The number of para-hydroxylation sites is 1. The lowest BCUT2D eigenvalue weighted by Crippen LogP contribution is -2.44. The molecule has 0 bridgehead atoms.